The summed E-state index contributed by atoms with van der Waals surface area (Å²) >= 11 is 0. The van der Waals surface area contributed by atoms with E-state index in [-0.39, 0.29) is 30.1 Å². The summed E-state index contributed by atoms with van der Waals surface area (Å²) in [6.07, 6.45) is 2.04. The molecule has 1 saturated heterocycles. The number of nitrogens with zero attached hydrogens (tertiary/aromatic N) is 2. The second kappa shape index (κ2) is 9.67. The van der Waals surface area contributed by atoms with Crippen LogP contribution in [0.2, 0.25) is 0 Å². The standard InChI is InChI=1S/C20H30FN3O2/c1-15(2)18-14-24(20(26)6-3-5-19(22)25)12-4-11-23(18)13-16-7-9-17(21)10-8-16/h7-10,15,18H,3-6,11-14H2,1-2H3,(H2,22,25). The molecule has 0 bridgehead atoms. The van der Waals surface area contributed by atoms with E-state index in [1.165, 1.54) is 12.1 Å². The fraction of sp³-hybridized carbons (Fsp3) is 0.600. The number of amides is 2. The van der Waals surface area contributed by atoms with Crippen LogP contribution in [0.5, 0.6) is 0 Å². The molecule has 2 amide bonds. The van der Waals surface area contributed by atoms with Gasteiger partial charge >= 0.3 is 0 Å². The lowest BCUT2D eigenvalue weighted by atomic mass is 10.0. The second-order valence-electron chi connectivity index (χ2n) is 7.42. The lowest BCUT2D eigenvalue weighted by molar-refractivity contribution is -0.131. The molecule has 26 heavy (non-hydrogen) atoms. The molecule has 0 spiro atoms. The zero-order chi connectivity index (χ0) is 19.1. The van der Waals surface area contributed by atoms with Crippen LogP contribution in [0.4, 0.5) is 4.39 Å². The molecule has 1 heterocycles. The van der Waals surface area contributed by atoms with E-state index >= 15 is 0 Å². The number of halogens is 1. The molecule has 0 aliphatic carbocycles. The third-order valence-electron chi connectivity index (χ3n) is 4.98. The molecule has 2 N–H and O–H groups in total. The number of carbonyl (C=O) groups is 2. The zero-order valence-corrected chi connectivity index (χ0v) is 15.8. The summed E-state index contributed by atoms with van der Waals surface area (Å²) in [5.41, 5.74) is 6.23. The fourth-order valence-corrected chi connectivity index (χ4v) is 3.51. The summed E-state index contributed by atoms with van der Waals surface area (Å²) in [6.45, 7) is 7.43. The summed E-state index contributed by atoms with van der Waals surface area (Å²) in [6, 6.07) is 6.88. The van der Waals surface area contributed by atoms with E-state index < -0.39 is 0 Å². The van der Waals surface area contributed by atoms with Crippen molar-refractivity contribution in [1.82, 2.24) is 9.80 Å². The molecule has 1 unspecified atom stereocenters. The van der Waals surface area contributed by atoms with Crippen molar-refractivity contribution in [2.24, 2.45) is 11.7 Å². The first-order valence-corrected chi connectivity index (χ1v) is 9.41. The van der Waals surface area contributed by atoms with Gasteiger partial charge in [-0.05, 0) is 36.5 Å². The Labute approximate surface area is 155 Å². The average molecular weight is 363 g/mol. The Kier molecular flexibility index (Phi) is 7.57. The second-order valence-corrected chi connectivity index (χ2v) is 7.42. The Bertz CT molecular complexity index is 604. The Balaban J connectivity index is 2.00. The van der Waals surface area contributed by atoms with Crippen molar-refractivity contribution >= 4 is 11.8 Å². The maximum atomic E-state index is 13.1. The van der Waals surface area contributed by atoms with Gasteiger partial charge in [0, 0.05) is 45.1 Å². The molecule has 1 aromatic carbocycles. The quantitative estimate of drug-likeness (QED) is 0.809. The summed E-state index contributed by atoms with van der Waals surface area (Å²) < 4.78 is 13.1. The zero-order valence-electron chi connectivity index (χ0n) is 15.8. The van der Waals surface area contributed by atoms with Crippen molar-refractivity contribution in [1.29, 1.82) is 0 Å². The Morgan fingerprint density at radius 2 is 1.88 bits per heavy atom. The number of benzene rings is 1. The van der Waals surface area contributed by atoms with Crippen LogP contribution in [-0.4, -0.2) is 47.3 Å². The molecule has 1 aliphatic rings. The fourth-order valence-electron chi connectivity index (χ4n) is 3.51. The minimum absolute atomic E-state index is 0.0977. The summed E-state index contributed by atoms with van der Waals surface area (Å²) in [7, 11) is 0. The largest absolute Gasteiger partial charge is 0.370 e. The normalized spacial score (nSPS) is 18.8. The summed E-state index contributed by atoms with van der Waals surface area (Å²) in [5, 5.41) is 0. The van der Waals surface area contributed by atoms with Gasteiger partial charge in [0.05, 0.1) is 0 Å². The van der Waals surface area contributed by atoms with E-state index in [0.29, 0.717) is 25.3 Å². The third kappa shape index (κ3) is 6.09. The molecule has 144 valence electrons. The van der Waals surface area contributed by atoms with Crippen LogP contribution >= 0.6 is 0 Å². The van der Waals surface area contributed by atoms with Crippen molar-refractivity contribution in [3.63, 3.8) is 0 Å². The number of rotatable bonds is 7. The minimum atomic E-state index is -0.362. The van der Waals surface area contributed by atoms with Gasteiger partial charge in [0.15, 0.2) is 0 Å². The van der Waals surface area contributed by atoms with E-state index in [9.17, 15) is 14.0 Å². The van der Waals surface area contributed by atoms with Crippen LogP contribution in [0, 0.1) is 11.7 Å². The van der Waals surface area contributed by atoms with Crippen molar-refractivity contribution in [2.45, 2.75) is 52.1 Å². The van der Waals surface area contributed by atoms with Crippen LogP contribution in [-0.2, 0) is 16.1 Å². The number of hydrogen-bond acceptors (Lipinski definition) is 3. The lowest BCUT2D eigenvalue weighted by Crippen LogP contribution is -2.45. The van der Waals surface area contributed by atoms with Crippen LogP contribution < -0.4 is 5.73 Å². The molecule has 1 aliphatic heterocycles. The Morgan fingerprint density at radius 1 is 1.19 bits per heavy atom. The number of nitrogens with two attached hydrogens (primary N) is 1. The molecular weight excluding hydrogens is 333 g/mol. The highest BCUT2D eigenvalue weighted by Gasteiger charge is 2.29. The summed E-state index contributed by atoms with van der Waals surface area (Å²) in [5.74, 6) is -0.0908. The Morgan fingerprint density at radius 3 is 2.50 bits per heavy atom. The van der Waals surface area contributed by atoms with Crippen LogP contribution in [0.25, 0.3) is 0 Å². The van der Waals surface area contributed by atoms with Gasteiger partial charge in [0.2, 0.25) is 11.8 Å². The topological polar surface area (TPSA) is 66.6 Å². The minimum Gasteiger partial charge on any atom is -0.370 e. The number of hydrogen-bond donors (Lipinski definition) is 1. The maximum Gasteiger partial charge on any atom is 0.222 e. The molecule has 1 fully saturated rings. The van der Waals surface area contributed by atoms with Crippen molar-refractivity contribution in [3.8, 4) is 0 Å². The first kappa shape index (κ1) is 20.4. The summed E-state index contributed by atoms with van der Waals surface area (Å²) in [4.78, 5) is 27.7. The van der Waals surface area contributed by atoms with E-state index in [0.717, 1.165) is 31.6 Å². The van der Waals surface area contributed by atoms with Gasteiger partial charge in [0.1, 0.15) is 5.82 Å². The average Bonchev–Trinajstić information content (AvgIpc) is 2.79. The first-order valence-electron chi connectivity index (χ1n) is 9.41. The molecule has 6 heteroatoms. The molecular formula is C20H30FN3O2. The molecule has 1 aromatic rings. The predicted octanol–water partition coefficient (Wildman–Crippen LogP) is 2.54. The molecule has 5 nitrogen and oxygen atoms in total. The highest BCUT2D eigenvalue weighted by Crippen LogP contribution is 2.21. The number of carbonyl (C=O) groups excluding carboxylic acids is 2. The Hall–Kier alpha value is -1.95. The van der Waals surface area contributed by atoms with Gasteiger partial charge in [-0.2, -0.15) is 0 Å². The van der Waals surface area contributed by atoms with Gasteiger partial charge in [0.25, 0.3) is 0 Å². The molecule has 0 radical (unpaired) electrons. The van der Waals surface area contributed by atoms with Gasteiger partial charge in [-0.3, -0.25) is 14.5 Å². The van der Waals surface area contributed by atoms with Gasteiger partial charge in [-0.25, -0.2) is 4.39 Å². The smallest absolute Gasteiger partial charge is 0.222 e. The molecule has 0 aromatic heterocycles. The highest BCUT2D eigenvalue weighted by atomic mass is 19.1. The van der Waals surface area contributed by atoms with Crippen molar-refractivity contribution in [2.75, 3.05) is 19.6 Å². The van der Waals surface area contributed by atoms with Crippen LogP contribution in [0.15, 0.2) is 24.3 Å². The van der Waals surface area contributed by atoms with Crippen LogP contribution in [0.3, 0.4) is 0 Å². The molecule has 1 atom stereocenters. The first-order chi connectivity index (χ1) is 12.4. The van der Waals surface area contributed by atoms with E-state index in [4.69, 9.17) is 5.73 Å². The lowest BCUT2D eigenvalue weighted by Gasteiger charge is -2.34. The van der Waals surface area contributed by atoms with Gasteiger partial charge < -0.3 is 10.6 Å². The van der Waals surface area contributed by atoms with Crippen molar-refractivity contribution < 1.29 is 14.0 Å². The van der Waals surface area contributed by atoms with E-state index in [1.54, 1.807) is 0 Å². The van der Waals surface area contributed by atoms with Gasteiger partial charge in [-0.15, -0.1) is 0 Å². The van der Waals surface area contributed by atoms with Crippen molar-refractivity contribution in [3.05, 3.63) is 35.6 Å². The third-order valence-corrected chi connectivity index (χ3v) is 4.98. The number of primary amides is 1. The predicted molar refractivity (Wildman–Crippen MR) is 99.7 cm³/mol. The highest BCUT2D eigenvalue weighted by molar-refractivity contribution is 5.78. The molecule has 0 saturated carbocycles. The van der Waals surface area contributed by atoms with Gasteiger partial charge in [-0.1, -0.05) is 26.0 Å². The van der Waals surface area contributed by atoms with E-state index in [1.807, 2.05) is 17.0 Å². The molecule has 2 rings (SSSR count). The van der Waals surface area contributed by atoms with E-state index in [2.05, 4.69) is 18.7 Å². The van der Waals surface area contributed by atoms with Crippen LogP contribution in [0.1, 0.15) is 45.1 Å². The SMILES string of the molecule is CC(C)C1CN(C(=O)CCCC(N)=O)CCCN1Cc1ccc(F)cc1. The maximum absolute atomic E-state index is 13.1. The monoisotopic (exact) mass is 363 g/mol.